The SMILES string of the molecule is CC/C=C(\C=C(\C)CC)CBr. The van der Waals surface area contributed by atoms with E-state index in [1.165, 1.54) is 11.1 Å². The first-order valence-corrected chi connectivity index (χ1v) is 5.28. The third-order valence-corrected chi connectivity index (χ3v) is 2.26. The van der Waals surface area contributed by atoms with E-state index in [0.717, 1.165) is 18.2 Å². The molecule has 0 nitrogen and oxygen atoms in total. The van der Waals surface area contributed by atoms with Crippen LogP contribution in [0.5, 0.6) is 0 Å². The number of hydrogen-bond donors (Lipinski definition) is 0. The number of rotatable bonds is 4. The zero-order chi connectivity index (χ0) is 8.69. The maximum Gasteiger partial charge on any atom is 0.0279 e. The number of halogens is 1. The van der Waals surface area contributed by atoms with Crippen molar-refractivity contribution in [3.8, 4) is 0 Å². The van der Waals surface area contributed by atoms with Crippen LogP contribution in [0.15, 0.2) is 23.3 Å². The third kappa shape index (κ3) is 5.25. The summed E-state index contributed by atoms with van der Waals surface area (Å²) in [6, 6.07) is 0. The van der Waals surface area contributed by atoms with Gasteiger partial charge in [0.05, 0.1) is 0 Å². The van der Waals surface area contributed by atoms with Crippen molar-refractivity contribution in [1.29, 1.82) is 0 Å². The Balaban J connectivity index is 4.17. The van der Waals surface area contributed by atoms with Gasteiger partial charge in [0.15, 0.2) is 0 Å². The lowest BCUT2D eigenvalue weighted by Gasteiger charge is -1.98. The molecule has 0 saturated heterocycles. The van der Waals surface area contributed by atoms with Gasteiger partial charge in [-0.15, -0.1) is 0 Å². The summed E-state index contributed by atoms with van der Waals surface area (Å²) in [5.41, 5.74) is 2.84. The molecule has 11 heavy (non-hydrogen) atoms. The van der Waals surface area contributed by atoms with Crippen LogP contribution in [0.3, 0.4) is 0 Å². The molecule has 0 saturated carbocycles. The predicted molar refractivity (Wildman–Crippen MR) is 56.2 cm³/mol. The van der Waals surface area contributed by atoms with Crippen molar-refractivity contribution in [2.24, 2.45) is 0 Å². The molecule has 0 amide bonds. The van der Waals surface area contributed by atoms with E-state index >= 15 is 0 Å². The topological polar surface area (TPSA) is 0 Å². The molecule has 0 atom stereocenters. The maximum atomic E-state index is 3.46. The predicted octanol–water partition coefficient (Wildman–Crippen LogP) is 4.07. The van der Waals surface area contributed by atoms with Crippen LogP contribution < -0.4 is 0 Å². The minimum atomic E-state index is 0.970. The summed E-state index contributed by atoms with van der Waals surface area (Å²) in [5, 5.41) is 0.970. The average molecular weight is 217 g/mol. The molecule has 0 aliphatic rings. The van der Waals surface area contributed by atoms with Crippen molar-refractivity contribution in [3.05, 3.63) is 23.3 Å². The van der Waals surface area contributed by atoms with Gasteiger partial charge in [-0.1, -0.05) is 47.5 Å². The lowest BCUT2D eigenvalue weighted by atomic mass is 10.1. The Morgan fingerprint density at radius 2 is 2.00 bits per heavy atom. The first kappa shape index (κ1) is 11.0. The molecule has 0 aromatic rings. The minimum Gasteiger partial charge on any atom is -0.0876 e. The van der Waals surface area contributed by atoms with Crippen LogP contribution in [-0.2, 0) is 0 Å². The number of allylic oxidation sites excluding steroid dienone is 4. The van der Waals surface area contributed by atoms with E-state index in [1.54, 1.807) is 0 Å². The summed E-state index contributed by atoms with van der Waals surface area (Å²) in [6.07, 6.45) is 6.79. The zero-order valence-electron chi connectivity index (χ0n) is 7.65. The van der Waals surface area contributed by atoms with E-state index in [0.29, 0.717) is 0 Å². The lowest BCUT2D eigenvalue weighted by Crippen LogP contribution is -1.81. The molecule has 0 aliphatic carbocycles. The molecule has 0 N–H and O–H groups in total. The highest BCUT2D eigenvalue weighted by Gasteiger charge is 1.89. The van der Waals surface area contributed by atoms with Gasteiger partial charge in [0.25, 0.3) is 0 Å². The van der Waals surface area contributed by atoms with Gasteiger partial charge >= 0.3 is 0 Å². The molecule has 0 radical (unpaired) electrons. The molecule has 0 heterocycles. The molecule has 0 rings (SSSR count). The van der Waals surface area contributed by atoms with E-state index in [1.807, 2.05) is 0 Å². The van der Waals surface area contributed by atoms with Gasteiger partial charge in [0.2, 0.25) is 0 Å². The summed E-state index contributed by atoms with van der Waals surface area (Å²) in [5.74, 6) is 0. The zero-order valence-corrected chi connectivity index (χ0v) is 9.24. The van der Waals surface area contributed by atoms with E-state index in [-0.39, 0.29) is 0 Å². The van der Waals surface area contributed by atoms with Crippen LogP contribution >= 0.6 is 15.9 Å². The van der Waals surface area contributed by atoms with Crippen LogP contribution in [-0.4, -0.2) is 5.33 Å². The van der Waals surface area contributed by atoms with Crippen LogP contribution in [0, 0.1) is 0 Å². The van der Waals surface area contributed by atoms with Crippen molar-refractivity contribution in [1.82, 2.24) is 0 Å². The minimum absolute atomic E-state index is 0.970. The van der Waals surface area contributed by atoms with Gasteiger partial charge in [0, 0.05) is 5.33 Å². The summed E-state index contributed by atoms with van der Waals surface area (Å²) in [7, 11) is 0. The first-order chi connectivity index (χ1) is 5.24. The Kier molecular flexibility index (Phi) is 6.63. The molecule has 64 valence electrons. The highest BCUT2D eigenvalue weighted by Crippen LogP contribution is 2.08. The Hall–Kier alpha value is -0.0400. The largest absolute Gasteiger partial charge is 0.0876 e. The Labute approximate surface area is 78.5 Å². The third-order valence-electron chi connectivity index (χ3n) is 1.61. The smallest absolute Gasteiger partial charge is 0.0279 e. The van der Waals surface area contributed by atoms with Gasteiger partial charge < -0.3 is 0 Å². The molecule has 0 spiro atoms. The Morgan fingerprint density at radius 3 is 2.36 bits per heavy atom. The second kappa shape index (κ2) is 6.66. The normalized spacial score (nSPS) is 13.8. The summed E-state index contributed by atoms with van der Waals surface area (Å²) in [6.45, 7) is 6.52. The number of alkyl halides is 1. The molecule has 0 fully saturated rings. The van der Waals surface area contributed by atoms with Crippen molar-refractivity contribution in [3.63, 3.8) is 0 Å². The van der Waals surface area contributed by atoms with Crippen molar-refractivity contribution in [2.75, 3.05) is 5.33 Å². The van der Waals surface area contributed by atoms with E-state index < -0.39 is 0 Å². The van der Waals surface area contributed by atoms with Gasteiger partial charge in [-0.2, -0.15) is 0 Å². The first-order valence-electron chi connectivity index (χ1n) is 4.16. The van der Waals surface area contributed by atoms with Crippen molar-refractivity contribution in [2.45, 2.75) is 33.6 Å². The quantitative estimate of drug-likeness (QED) is 0.491. The van der Waals surface area contributed by atoms with Gasteiger partial charge in [-0.3, -0.25) is 0 Å². The fourth-order valence-electron chi connectivity index (χ4n) is 0.833. The summed E-state index contributed by atoms with van der Waals surface area (Å²) >= 11 is 3.46. The van der Waals surface area contributed by atoms with E-state index in [2.05, 4.69) is 48.9 Å². The van der Waals surface area contributed by atoms with Crippen molar-refractivity contribution >= 4 is 15.9 Å². The van der Waals surface area contributed by atoms with Crippen LogP contribution in [0.1, 0.15) is 33.6 Å². The van der Waals surface area contributed by atoms with Crippen molar-refractivity contribution < 1.29 is 0 Å². The maximum absolute atomic E-state index is 3.46. The summed E-state index contributed by atoms with van der Waals surface area (Å²) in [4.78, 5) is 0. The molecular formula is C10H17Br. The second-order valence-corrected chi connectivity index (χ2v) is 3.23. The fraction of sp³-hybridized carbons (Fsp3) is 0.600. The van der Waals surface area contributed by atoms with E-state index in [9.17, 15) is 0 Å². The lowest BCUT2D eigenvalue weighted by molar-refractivity contribution is 1.09. The van der Waals surface area contributed by atoms with E-state index in [4.69, 9.17) is 0 Å². The molecule has 0 aliphatic heterocycles. The van der Waals surface area contributed by atoms with Crippen LogP contribution in [0.25, 0.3) is 0 Å². The molecule has 0 aromatic heterocycles. The van der Waals surface area contributed by atoms with Gasteiger partial charge in [0.1, 0.15) is 0 Å². The van der Waals surface area contributed by atoms with Crippen LogP contribution in [0.2, 0.25) is 0 Å². The molecular weight excluding hydrogens is 200 g/mol. The Bertz CT molecular complexity index is 154. The van der Waals surface area contributed by atoms with Crippen LogP contribution in [0.4, 0.5) is 0 Å². The highest BCUT2D eigenvalue weighted by atomic mass is 79.9. The molecule has 0 unspecified atom stereocenters. The standard InChI is InChI=1S/C10H17Br/c1-4-6-10(8-11)7-9(3)5-2/h6-7H,4-5,8H2,1-3H3/b9-7-,10-6+. The monoisotopic (exact) mass is 216 g/mol. The summed E-state index contributed by atoms with van der Waals surface area (Å²) < 4.78 is 0. The Morgan fingerprint density at radius 1 is 1.36 bits per heavy atom. The molecule has 0 bridgehead atoms. The number of hydrogen-bond acceptors (Lipinski definition) is 0. The average Bonchev–Trinajstić information content (AvgIpc) is 2.03. The highest BCUT2D eigenvalue weighted by molar-refractivity contribution is 9.09. The second-order valence-electron chi connectivity index (χ2n) is 2.67. The van der Waals surface area contributed by atoms with Gasteiger partial charge in [-0.05, 0) is 25.3 Å². The fourth-order valence-corrected chi connectivity index (χ4v) is 1.22. The molecule has 1 heteroatoms. The molecule has 0 aromatic carbocycles. The van der Waals surface area contributed by atoms with Gasteiger partial charge in [-0.25, -0.2) is 0 Å².